The summed E-state index contributed by atoms with van der Waals surface area (Å²) in [6.07, 6.45) is -1.75. The molecule has 0 saturated heterocycles. The summed E-state index contributed by atoms with van der Waals surface area (Å²) in [7, 11) is 0. The van der Waals surface area contributed by atoms with E-state index >= 15 is 0 Å². The molecule has 186 valence electrons. The van der Waals surface area contributed by atoms with Crippen molar-refractivity contribution < 1.29 is 43.8 Å². The second-order valence-corrected chi connectivity index (χ2v) is 7.24. The number of carboxylic acid groups (broad SMARTS) is 2. The molecule has 11 N–H and O–H groups in total. The fourth-order valence-electron chi connectivity index (χ4n) is 2.46. The molecule has 0 saturated carbocycles. The molecule has 0 aromatic rings. The highest BCUT2D eigenvalue weighted by Crippen LogP contribution is 2.04. The van der Waals surface area contributed by atoms with E-state index in [4.69, 9.17) is 22.3 Å². The Morgan fingerprint density at radius 3 is 1.67 bits per heavy atom. The van der Waals surface area contributed by atoms with Crippen LogP contribution in [0, 0.1) is 0 Å². The lowest BCUT2D eigenvalue weighted by Gasteiger charge is -2.23. The van der Waals surface area contributed by atoms with Crippen molar-refractivity contribution in [3.8, 4) is 0 Å². The lowest BCUT2D eigenvalue weighted by Crippen LogP contribution is -2.56. The van der Waals surface area contributed by atoms with Crippen LogP contribution in [0.2, 0.25) is 0 Å². The van der Waals surface area contributed by atoms with Crippen LogP contribution in [0.5, 0.6) is 0 Å². The summed E-state index contributed by atoms with van der Waals surface area (Å²) in [5, 5.41) is 24.6. The van der Waals surface area contributed by atoms with Gasteiger partial charge in [0.2, 0.25) is 29.5 Å². The van der Waals surface area contributed by atoms with E-state index in [9.17, 15) is 38.7 Å². The monoisotopic (exact) mass is 474 g/mol. The number of nitrogens with one attached hydrogen (secondary N) is 3. The summed E-state index contributed by atoms with van der Waals surface area (Å²) in [4.78, 5) is 80.8. The van der Waals surface area contributed by atoms with E-state index in [1.165, 1.54) is 6.92 Å². The van der Waals surface area contributed by atoms with Crippen LogP contribution >= 0.6 is 0 Å². The Labute approximate surface area is 188 Å². The second-order valence-electron chi connectivity index (χ2n) is 7.24. The van der Waals surface area contributed by atoms with Crippen LogP contribution in [-0.2, 0) is 33.6 Å². The number of aliphatic carboxylic acids is 2. The van der Waals surface area contributed by atoms with Crippen molar-refractivity contribution in [1.82, 2.24) is 16.0 Å². The van der Waals surface area contributed by atoms with Gasteiger partial charge in [0.15, 0.2) is 0 Å². The zero-order valence-electron chi connectivity index (χ0n) is 18.0. The Morgan fingerprint density at radius 1 is 0.697 bits per heavy atom. The lowest BCUT2D eigenvalue weighted by molar-refractivity contribution is -0.143. The summed E-state index contributed by atoms with van der Waals surface area (Å²) in [5.74, 6) is -6.80. The minimum absolute atomic E-state index is 0.0495. The highest BCUT2D eigenvalue weighted by atomic mass is 16.4. The number of carbonyl (C=O) groups is 7. The molecule has 5 amide bonds. The molecule has 0 spiro atoms. The third kappa shape index (κ3) is 12.6. The number of carbonyl (C=O) groups excluding carboxylic acids is 5. The van der Waals surface area contributed by atoms with Crippen molar-refractivity contribution in [2.75, 3.05) is 0 Å². The van der Waals surface area contributed by atoms with Crippen molar-refractivity contribution >= 4 is 41.5 Å². The quantitative estimate of drug-likeness (QED) is 0.108. The van der Waals surface area contributed by atoms with Crippen molar-refractivity contribution in [3.63, 3.8) is 0 Å². The van der Waals surface area contributed by atoms with Crippen LogP contribution in [0.4, 0.5) is 0 Å². The molecule has 0 aliphatic heterocycles. The topological polar surface area (TPSA) is 274 Å². The van der Waals surface area contributed by atoms with Gasteiger partial charge in [-0.1, -0.05) is 0 Å². The Bertz CT molecular complexity index is 773. The van der Waals surface area contributed by atoms with Crippen molar-refractivity contribution in [3.05, 3.63) is 0 Å². The van der Waals surface area contributed by atoms with Gasteiger partial charge in [-0.25, -0.2) is 4.79 Å². The van der Waals surface area contributed by atoms with Gasteiger partial charge in [-0.3, -0.25) is 28.8 Å². The van der Waals surface area contributed by atoms with Gasteiger partial charge in [0, 0.05) is 19.3 Å². The lowest BCUT2D eigenvalue weighted by atomic mass is 10.1. The summed E-state index contributed by atoms with van der Waals surface area (Å²) >= 11 is 0. The number of nitrogens with two attached hydrogens (primary N) is 3. The number of hydrogen-bond acceptors (Lipinski definition) is 8. The largest absolute Gasteiger partial charge is 0.481 e. The number of amides is 5. The Kier molecular flexibility index (Phi) is 12.7. The second kappa shape index (κ2) is 14.3. The highest BCUT2D eigenvalue weighted by molar-refractivity contribution is 5.94. The molecule has 0 fully saturated rings. The number of rotatable bonds is 16. The zero-order chi connectivity index (χ0) is 25.7. The number of hydrogen-bond donors (Lipinski definition) is 8. The molecule has 0 bridgehead atoms. The van der Waals surface area contributed by atoms with Gasteiger partial charge >= 0.3 is 11.9 Å². The van der Waals surface area contributed by atoms with Crippen LogP contribution in [0.3, 0.4) is 0 Å². The zero-order valence-corrected chi connectivity index (χ0v) is 18.0. The third-order valence-corrected chi connectivity index (χ3v) is 4.36. The molecule has 15 heteroatoms. The summed E-state index contributed by atoms with van der Waals surface area (Å²) < 4.78 is 0. The first-order valence-electron chi connectivity index (χ1n) is 9.92. The van der Waals surface area contributed by atoms with E-state index < -0.39 is 78.5 Å². The predicted molar refractivity (Wildman–Crippen MR) is 111 cm³/mol. The molecule has 0 aliphatic rings. The molecule has 0 radical (unpaired) electrons. The Hall–Kier alpha value is -3.75. The first-order valence-corrected chi connectivity index (χ1v) is 9.92. The van der Waals surface area contributed by atoms with E-state index in [0.717, 1.165) is 0 Å². The number of carboxylic acids is 2. The molecule has 15 nitrogen and oxygen atoms in total. The molecule has 0 rings (SSSR count). The van der Waals surface area contributed by atoms with Gasteiger partial charge in [-0.2, -0.15) is 0 Å². The van der Waals surface area contributed by atoms with E-state index in [0.29, 0.717) is 0 Å². The molecule has 4 unspecified atom stereocenters. The van der Waals surface area contributed by atoms with Crippen LogP contribution in [0.1, 0.15) is 45.4 Å². The van der Waals surface area contributed by atoms with Crippen LogP contribution < -0.4 is 33.2 Å². The third-order valence-electron chi connectivity index (χ3n) is 4.36. The maximum atomic E-state index is 12.5. The van der Waals surface area contributed by atoms with Gasteiger partial charge in [0.1, 0.15) is 18.1 Å². The molecule has 33 heavy (non-hydrogen) atoms. The summed E-state index contributed by atoms with van der Waals surface area (Å²) in [6, 6.07) is -5.27. The summed E-state index contributed by atoms with van der Waals surface area (Å²) in [5.41, 5.74) is 15.7. The molecule has 0 aliphatic carbocycles. The van der Waals surface area contributed by atoms with Gasteiger partial charge in [0.05, 0.1) is 6.04 Å². The van der Waals surface area contributed by atoms with E-state index in [1.807, 2.05) is 0 Å². The molecule has 0 heterocycles. The Balaban J connectivity index is 5.16. The number of primary amides is 2. The average molecular weight is 474 g/mol. The first-order chi connectivity index (χ1) is 15.2. The minimum Gasteiger partial charge on any atom is -0.481 e. The maximum Gasteiger partial charge on any atom is 0.326 e. The molecular formula is C18H30N6O9. The fourth-order valence-corrected chi connectivity index (χ4v) is 2.46. The van der Waals surface area contributed by atoms with Crippen LogP contribution in [0.15, 0.2) is 0 Å². The van der Waals surface area contributed by atoms with Crippen molar-refractivity contribution in [1.29, 1.82) is 0 Å². The Morgan fingerprint density at radius 2 is 1.18 bits per heavy atom. The normalized spacial score (nSPS) is 14.1. The minimum atomic E-state index is -1.55. The van der Waals surface area contributed by atoms with E-state index in [-0.39, 0.29) is 25.7 Å². The van der Waals surface area contributed by atoms with Crippen LogP contribution in [-0.4, -0.2) is 75.9 Å². The molecule has 4 atom stereocenters. The van der Waals surface area contributed by atoms with E-state index in [2.05, 4.69) is 16.0 Å². The van der Waals surface area contributed by atoms with Gasteiger partial charge in [-0.15, -0.1) is 0 Å². The van der Waals surface area contributed by atoms with E-state index in [1.54, 1.807) is 0 Å². The smallest absolute Gasteiger partial charge is 0.326 e. The van der Waals surface area contributed by atoms with Gasteiger partial charge < -0.3 is 43.4 Å². The van der Waals surface area contributed by atoms with Gasteiger partial charge in [0.25, 0.3) is 0 Å². The molecular weight excluding hydrogens is 444 g/mol. The molecule has 0 aromatic carbocycles. The molecule has 0 aromatic heterocycles. The first kappa shape index (κ1) is 29.2. The van der Waals surface area contributed by atoms with Crippen LogP contribution in [0.25, 0.3) is 0 Å². The average Bonchev–Trinajstić information content (AvgIpc) is 2.70. The standard InChI is InChI=1S/C18H30N6O9/c1-8(22-16(30)9(19)2-5-12(20)25)15(29)23-10(3-6-13(21)26)17(31)24-11(18(32)33)4-7-14(27)28/h8-11H,2-7,19H2,1H3,(H2,20,25)(H2,21,26)(H,22,30)(H,23,29)(H,24,31)(H,27,28)(H,32,33). The SMILES string of the molecule is CC(NC(=O)C(N)CCC(N)=O)C(=O)NC(CCC(N)=O)C(=O)NC(CCC(=O)O)C(=O)O. The van der Waals surface area contributed by atoms with Crippen molar-refractivity contribution in [2.24, 2.45) is 17.2 Å². The summed E-state index contributed by atoms with van der Waals surface area (Å²) in [6.45, 7) is 1.28. The fraction of sp³-hybridized carbons (Fsp3) is 0.611. The van der Waals surface area contributed by atoms with Crippen molar-refractivity contribution in [2.45, 2.75) is 69.6 Å². The maximum absolute atomic E-state index is 12.5. The highest BCUT2D eigenvalue weighted by Gasteiger charge is 2.29. The predicted octanol–water partition coefficient (Wildman–Crippen LogP) is -3.73. The van der Waals surface area contributed by atoms with Gasteiger partial charge in [-0.05, 0) is 26.2 Å².